The van der Waals surface area contributed by atoms with Gasteiger partial charge in [-0.1, -0.05) is 24.3 Å². The molecule has 0 fully saturated rings. The second-order valence-corrected chi connectivity index (χ2v) is 6.72. The molecule has 0 N–H and O–H groups in total. The summed E-state index contributed by atoms with van der Waals surface area (Å²) < 4.78 is 14.1. The molecule has 0 spiro atoms. The number of para-hydroxylation sites is 1. The van der Waals surface area contributed by atoms with Crippen molar-refractivity contribution in [1.29, 1.82) is 0 Å². The van der Waals surface area contributed by atoms with Gasteiger partial charge in [-0.15, -0.1) is 0 Å². The van der Waals surface area contributed by atoms with Gasteiger partial charge in [-0.3, -0.25) is 19.7 Å². The summed E-state index contributed by atoms with van der Waals surface area (Å²) in [6.45, 7) is -0.219. The predicted molar refractivity (Wildman–Crippen MR) is 113 cm³/mol. The van der Waals surface area contributed by atoms with E-state index in [0.29, 0.717) is 5.56 Å². The average molecular weight is 458 g/mol. The van der Waals surface area contributed by atoms with Gasteiger partial charge >= 0.3 is 17.9 Å². The van der Waals surface area contributed by atoms with Crippen LogP contribution in [-0.4, -0.2) is 61.0 Å². The van der Waals surface area contributed by atoms with E-state index < -0.39 is 46.9 Å². The number of rotatable bonds is 9. The van der Waals surface area contributed by atoms with Gasteiger partial charge in [0.25, 0.3) is 11.6 Å². The van der Waals surface area contributed by atoms with Crippen LogP contribution in [0.4, 0.5) is 5.69 Å². The molecule has 0 heterocycles. The van der Waals surface area contributed by atoms with Gasteiger partial charge in [0.15, 0.2) is 0 Å². The molecule has 2 aromatic rings. The van der Waals surface area contributed by atoms with E-state index in [4.69, 9.17) is 4.74 Å². The summed E-state index contributed by atoms with van der Waals surface area (Å²) in [5, 5.41) is 11.4. The van der Waals surface area contributed by atoms with E-state index in [0.717, 1.165) is 25.2 Å². The lowest BCUT2D eigenvalue weighted by molar-refractivity contribution is -0.385. The lowest BCUT2D eigenvalue weighted by Crippen LogP contribution is -2.46. The van der Waals surface area contributed by atoms with Gasteiger partial charge in [0.2, 0.25) is 0 Å². The topological polar surface area (TPSA) is 142 Å². The van der Waals surface area contributed by atoms with Crippen molar-refractivity contribution in [1.82, 2.24) is 4.90 Å². The Labute approximate surface area is 189 Å². The minimum atomic E-state index is -1.42. The molecule has 1 amide bonds. The highest BCUT2D eigenvalue weighted by Gasteiger charge is 2.36. The Balaban J connectivity index is 2.54. The summed E-state index contributed by atoms with van der Waals surface area (Å²) in [7, 11) is 3.44. The molecular weight excluding hydrogens is 436 g/mol. The zero-order chi connectivity index (χ0) is 24.5. The van der Waals surface area contributed by atoms with Crippen molar-refractivity contribution in [2.24, 2.45) is 0 Å². The second-order valence-electron chi connectivity index (χ2n) is 6.72. The number of methoxy groups -OCH3 is 3. The van der Waals surface area contributed by atoms with Gasteiger partial charge < -0.3 is 19.1 Å². The molecule has 11 nitrogen and oxygen atoms in total. The van der Waals surface area contributed by atoms with Crippen molar-refractivity contribution in [3.8, 4) is 0 Å². The van der Waals surface area contributed by atoms with Gasteiger partial charge in [0.1, 0.15) is 11.6 Å². The molecule has 2 rings (SSSR count). The van der Waals surface area contributed by atoms with E-state index in [9.17, 15) is 29.3 Å². The highest BCUT2D eigenvalue weighted by Crippen LogP contribution is 2.24. The quantitative estimate of drug-likeness (QED) is 0.239. The first kappa shape index (κ1) is 25.0. The van der Waals surface area contributed by atoms with E-state index >= 15 is 0 Å². The summed E-state index contributed by atoms with van der Waals surface area (Å²) in [5.41, 5.74) is 0.00734. The van der Waals surface area contributed by atoms with Crippen molar-refractivity contribution in [3.63, 3.8) is 0 Å². The standard InChI is InChI=1S/C22H22N2O9/c1-31-19(25)12-18(22(28)33-3)23(13-14-8-10-15(11-9-14)21(27)32-2)20(26)16-6-4-5-7-17(16)24(29)30/h4-11,18H,12-13H2,1-3H3/t18-/m0/s1. The van der Waals surface area contributed by atoms with Crippen molar-refractivity contribution in [2.45, 2.75) is 19.0 Å². The molecule has 0 unspecified atom stereocenters. The van der Waals surface area contributed by atoms with Crippen LogP contribution in [0.3, 0.4) is 0 Å². The number of amides is 1. The van der Waals surface area contributed by atoms with Crippen molar-refractivity contribution >= 4 is 29.5 Å². The lowest BCUT2D eigenvalue weighted by atomic mass is 10.1. The molecule has 11 heteroatoms. The highest BCUT2D eigenvalue weighted by molar-refractivity contribution is 6.00. The van der Waals surface area contributed by atoms with E-state index in [1.165, 1.54) is 49.6 Å². The number of nitro benzene ring substituents is 1. The maximum absolute atomic E-state index is 13.4. The van der Waals surface area contributed by atoms with Crippen LogP contribution >= 0.6 is 0 Å². The maximum Gasteiger partial charge on any atom is 0.337 e. The first-order valence-electron chi connectivity index (χ1n) is 9.59. The minimum Gasteiger partial charge on any atom is -0.469 e. The molecule has 174 valence electrons. The number of carbonyl (C=O) groups excluding carboxylic acids is 4. The second kappa shape index (κ2) is 11.4. The zero-order valence-corrected chi connectivity index (χ0v) is 18.2. The van der Waals surface area contributed by atoms with Crippen LogP contribution in [0.25, 0.3) is 0 Å². The third kappa shape index (κ3) is 6.12. The Bertz CT molecular complexity index is 1050. The fourth-order valence-corrected chi connectivity index (χ4v) is 3.05. The number of esters is 3. The average Bonchev–Trinajstić information content (AvgIpc) is 2.84. The highest BCUT2D eigenvalue weighted by atomic mass is 16.6. The Hall–Kier alpha value is -4.28. The maximum atomic E-state index is 13.4. The van der Waals surface area contributed by atoms with Crippen molar-refractivity contribution < 1.29 is 38.3 Å². The van der Waals surface area contributed by atoms with Crippen LogP contribution in [0, 0.1) is 10.1 Å². The number of benzene rings is 2. The summed E-state index contributed by atoms with van der Waals surface area (Å²) in [4.78, 5) is 61.3. The van der Waals surface area contributed by atoms with Crippen LogP contribution in [-0.2, 0) is 30.3 Å². The van der Waals surface area contributed by atoms with Crippen LogP contribution in [0.5, 0.6) is 0 Å². The fourth-order valence-electron chi connectivity index (χ4n) is 3.05. The van der Waals surface area contributed by atoms with Crippen molar-refractivity contribution in [2.75, 3.05) is 21.3 Å². The Morgan fingerprint density at radius 3 is 2.12 bits per heavy atom. The molecule has 0 radical (unpaired) electrons. The molecule has 0 aliphatic rings. The molecule has 2 aromatic carbocycles. The van der Waals surface area contributed by atoms with E-state index in [2.05, 4.69) is 9.47 Å². The van der Waals surface area contributed by atoms with Crippen LogP contribution < -0.4 is 0 Å². The number of hydrogen-bond donors (Lipinski definition) is 0. The van der Waals surface area contributed by atoms with Crippen LogP contribution in [0.1, 0.15) is 32.7 Å². The normalized spacial score (nSPS) is 11.1. The molecule has 0 aliphatic heterocycles. The third-order valence-electron chi connectivity index (χ3n) is 4.76. The smallest absolute Gasteiger partial charge is 0.337 e. The molecule has 0 bridgehead atoms. The van der Waals surface area contributed by atoms with Gasteiger partial charge in [0, 0.05) is 12.6 Å². The van der Waals surface area contributed by atoms with Crippen molar-refractivity contribution in [3.05, 3.63) is 75.3 Å². The predicted octanol–water partition coefficient (Wildman–Crippen LogP) is 2.13. The van der Waals surface area contributed by atoms with Gasteiger partial charge in [-0.25, -0.2) is 9.59 Å². The molecule has 0 aromatic heterocycles. The molecule has 33 heavy (non-hydrogen) atoms. The first-order valence-corrected chi connectivity index (χ1v) is 9.59. The van der Waals surface area contributed by atoms with Gasteiger partial charge in [0.05, 0.1) is 38.2 Å². The van der Waals surface area contributed by atoms with Crippen LogP contribution in [0.2, 0.25) is 0 Å². The molecule has 1 atom stereocenters. The SMILES string of the molecule is COC(=O)C[C@@H](C(=O)OC)N(Cc1ccc(C(=O)OC)cc1)C(=O)c1ccccc1[N+](=O)[O-]. The number of nitro groups is 1. The Morgan fingerprint density at radius 1 is 0.939 bits per heavy atom. The summed E-state index contributed by atoms with van der Waals surface area (Å²) in [6, 6.07) is 9.80. The number of carbonyl (C=O) groups is 4. The number of ether oxygens (including phenoxy) is 3. The fraction of sp³-hybridized carbons (Fsp3) is 0.273. The zero-order valence-electron chi connectivity index (χ0n) is 18.2. The minimum absolute atomic E-state index is 0.219. The summed E-state index contributed by atoms with van der Waals surface area (Å²) >= 11 is 0. The summed E-state index contributed by atoms with van der Waals surface area (Å²) in [5.74, 6) is -3.11. The number of nitrogens with zero attached hydrogens (tertiary/aromatic N) is 2. The molecule has 0 saturated carbocycles. The van der Waals surface area contributed by atoms with E-state index in [-0.39, 0.29) is 17.7 Å². The molecule has 0 aliphatic carbocycles. The van der Waals surface area contributed by atoms with Gasteiger partial charge in [-0.2, -0.15) is 0 Å². The monoisotopic (exact) mass is 458 g/mol. The largest absolute Gasteiger partial charge is 0.469 e. The summed E-state index contributed by atoms with van der Waals surface area (Å²) in [6.07, 6.45) is -0.532. The van der Waals surface area contributed by atoms with Crippen LogP contribution in [0.15, 0.2) is 48.5 Å². The lowest BCUT2D eigenvalue weighted by Gasteiger charge is -2.29. The third-order valence-corrected chi connectivity index (χ3v) is 4.76. The first-order chi connectivity index (χ1) is 15.7. The Morgan fingerprint density at radius 2 is 1.58 bits per heavy atom. The Kier molecular flexibility index (Phi) is 8.61. The van der Waals surface area contributed by atoms with E-state index in [1.54, 1.807) is 0 Å². The van der Waals surface area contributed by atoms with Gasteiger partial charge in [-0.05, 0) is 23.8 Å². The van der Waals surface area contributed by atoms with E-state index in [1.807, 2.05) is 0 Å². The molecular formula is C22H22N2O9. The number of hydrogen-bond acceptors (Lipinski definition) is 9. The molecule has 0 saturated heterocycles.